The summed E-state index contributed by atoms with van der Waals surface area (Å²) in [6, 6.07) is 12.2. The summed E-state index contributed by atoms with van der Waals surface area (Å²) in [6.07, 6.45) is 3.18. The fourth-order valence-corrected chi connectivity index (χ4v) is 4.39. The molecule has 3 heterocycles. The van der Waals surface area contributed by atoms with E-state index in [1.807, 2.05) is 29.3 Å². The Balaban J connectivity index is 1.36. The van der Waals surface area contributed by atoms with Crippen LogP contribution in [0.1, 0.15) is 11.1 Å². The first-order chi connectivity index (χ1) is 13.7. The summed E-state index contributed by atoms with van der Waals surface area (Å²) in [7, 11) is 0. The number of fused-ring (bicyclic) bond motifs is 2. The lowest BCUT2D eigenvalue weighted by molar-refractivity contribution is -0.117. The number of halogens is 1. The largest absolute Gasteiger partial charge is 0.378 e. The summed E-state index contributed by atoms with van der Waals surface area (Å²) in [4.78, 5) is 20.5. The molecular weight excluding hydrogens is 374 g/mol. The van der Waals surface area contributed by atoms with Gasteiger partial charge < -0.3 is 19.5 Å². The molecule has 2 aromatic carbocycles. The maximum Gasteiger partial charge on any atom is 0.231 e. The summed E-state index contributed by atoms with van der Waals surface area (Å²) >= 11 is 6.14. The van der Waals surface area contributed by atoms with Crippen molar-refractivity contribution in [3.8, 4) is 0 Å². The fourth-order valence-electron chi connectivity index (χ4n) is 4.22. The average molecular weight is 396 g/mol. The maximum absolute atomic E-state index is 13.0. The Labute approximate surface area is 168 Å². The smallest absolute Gasteiger partial charge is 0.231 e. The van der Waals surface area contributed by atoms with Crippen LogP contribution in [0.3, 0.4) is 0 Å². The molecule has 2 aliphatic rings. The highest BCUT2D eigenvalue weighted by Gasteiger charge is 2.26. The van der Waals surface area contributed by atoms with Gasteiger partial charge in [0.2, 0.25) is 5.91 Å². The first-order valence-electron chi connectivity index (χ1n) is 9.70. The Bertz CT molecular complexity index is 1040. The van der Waals surface area contributed by atoms with Crippen molar-refractivity contribution >= 4 is 39.8 Å². The van der Waals surface area contributed by atoms with E-state index in [9.17, 15) is 4.79 Å². The van der Waals surface area contributed by atoms with Crippen molar-refractivity contribution in [3.63, 3.8) is 0 Å². The molecule has 1 fully saturated rings. The second-order valence-corrected chi connectivity index (χ2v) is 7.82. The number of carbonyl (C=O) groups is 1. The van der Waals surface area contributed by atoms with Crippen molar-refractivity contribution in [1.29, 1.82) is 0 Å². The Morgan fingerprint density at radius 1 is 1.11 bits per heavy atom. The zero-order valence-corrected chi connectivity index (χ0v) is 16.3. The molecule has 1 saturated heterocycles. The van der Waals surface area contributed by atoms with Crippen LogP contribution in [-0.4, -0.2) is 43.7 Å². The molecule has 0 saturated carbocycles. The van der Waals surface area contributed by atoms with Crippen molar-refractivity contribution < 1.29 is 9.53 Å². The normalized spacial score (nSPS) is 16.6. The molecule has 6 heteroatoms. The Morgan fingerprint density at radius 3 is 2.82 bits per heavy atom. The molecule has 5 rings (SSSR count). The predicted octanol–water partition coefficient (Wildman–Crippen LogP) is 3.79. The highest BCUT2D eigenvalue weighted by Crippen LogP contribution is 2.33. The van der Waals surface area contributed by atoms with Crippen molar-refractivity contribution in [3.05, 3.63) is 58.7 Å². The number of aromatic nitrogens is 1. The van der Waals surface area contributed by atoms with Crippen LogP contribution < -0.4 is 9.80 Å². The van der Waals surface area contributed by atoms with E-state index in [4.69, 9.17) is 16.3 Å². The van der Waals surface area contributed by atoms with Gasteiger partial charge in [-0.3, -0.25) is 4.79 Å². The third-order valence-corrected chi connectivity index (χ3v) is 5.94. The topological polar surface area (TPSA) is 48.6 Å². The van der Waals surface area contributed by atoms with Crippen LogP contribution in [0.4, 0.5) is 11.4 Å². The molecule has 0 radical (unpaired) electrons. The van der Waals surface area contributed by atoms with Crippen molar-refractivity contribution in [2.45, 2.75) is 12.8 Å². The van der Waals surface area contributed by atoms with Crippen LogP contribution in [0.5, 0.6) is 0 Å². The van der Waals surface area contributed by atoms with Gasteiger partial charge in [-0.1, -0.05) is 11.6 Å². The van der Waals surface area contributed by atoms with Crippen LogP contribution in [-0.2, 0) is 22.4 Å². The predicted molar refractivity (Wildman–Crippen MR) is 113 cm³/mol. The molecule has 2 aliphatic heterocycles. The molecule has 1 amide bonds. The van der Waals surface area contributed by atoms with E-state index in [1.165, 1.54) is 11.3 Å². The number of anilines is 2. The summed E-state index contributed by atoms with van der Waals surface area (Å²) in [5, 5.41) is 1.70. The second-order valence-electron chi connectivity index (χ2n) is 7.39. The van der Waals surface area contributed by atoms with Crippen LogP contribution in [0, 0.1) is 0 Å². The van der Waals surface area contributed by atoms with Crippen LogP contribution in [0.15, 0.2) is 42.6 Å². The maximum atomic E-state index is 13.0. The van der Waals surface area contributed by atoms with Gasteiger partial charge in [0, 0.05) is 53.1 Å². The highest BCUT2D eigenvalue weighted by molar-refractivity contribution is 6.31. The Morgan fingerprint density at radius 2 is 1.96 bits per heavy atom. The molecule has 0 atom stereocenters. The minimum Gasteiger partial charge on any atom is -0.378 e. The number of carbonyl (C=O) groups excluding carboxylic acids is 1. The molecule has 0 unspecified atom stereocenters. The quantitative estimate of drug-likeness (QED) is 0.734. The number of benzene rings is 2. The van der Waals surface area contributed by atoms with E-state index in [0.29, 0.717) is 11.4 Å². The van der Waals surface area contributed by atoms with E-state index < -0.39 is 0 Å². The first-order valence-corrected chi connectivity index (χ1v) is 10.1. The number of morpholine rings is 1. The van der Waals surface area contributed by atoms with Gasteiger partial charge in [-0.05, 0) is 53.9 Å². The summed E-state index contributed by atoms with van der Waals surface area (Å²) in [5.74, 6) is 0.124. The minimum atomic E-state index is 0.124. The third kappa shape index (κ3) is 3.15. The number of aromatic amines is 1. The zero-order valence-electron chi connectivity index (χ0n) is 15.6. The van der Waals surface area contributed by atoms with Gasteiger partial charge in [-0.25, -0.2) is 0 Å². The lowest BCUT2D eigenvalue weighted by atomic mass is 10.1. The first kappa shape index (κ1) is 17.6. The van der Waals surface area contributed by atoms with Crippen molar-refractivity contribution in [1.82, 2.24) is 4.98 Å². The average Bonchev–Trinajstić information content (AvgIpc) is 3.32. The van der Waals surface area contributed by atoms with Crippen LogP contribution in [0.25, 0.3) is 10.9 Å². The van der Waals surface area contributed by atoms with Gasteiger partial charge in [0.15, 0.2) is 0 Å². The number of nitrogens with one attached hydrogen (secondary N) is 1. The van der Waals surface area contributed by atoms with E-state index in [-0.39, 0.29) is 5.91 Å². The standard InChI is InChI=1S/C22H22ClN3O2/c23-17-1-3-20-19(13-17)16(14-24-20)12-22(27)26-6-5-15-11-18(2-4-21(15)26)25-7-9-28-10-8-25/h1-4,11,13-14,24H,5-10,12H2. The lowest BCUT2D eigenvalue weighted by Gasteiger charge is -2.29. The number of ether oxygens (including phenoxy) is 1. The van der Waals surface area contributed by atoms with E-state index in [0.717, 1.165) is 61.4 Å². The van der Waals surface area contributed by atoms with Gasteiger partial charge in [0.25, 0.3) is 0 Å². The molecule has 0 spiro atoms. The molecule has 0 bridgehead atoms. The van der Waals surface area contributed by atoms with Crippen LogP contribution in [0.2, 0.25) is 5.02 Å². The SMILES string of the molecule is O=C(Cc1c[nH]c2ccc(Cl)cc12)N1CCc2cc(N3CCOCC3)ccc21. The molecule has 28 heavy (non-hydrogen) atoms. The van der Waals surface area contributed by atoms with Crippen LogP contribution >= 0.6 is 11.6 Å². The molecule has 5 nitrogen and oxygen atoms in total. The number of H-pyrrole nitrogens is 1. The Hall–Kier alpha value is -2.50. The zero-order chi connectivity index (χ0) is 19.1. The number of hydrogen-bond acceptors (Lipinski definition) is 3. The summed E-state index contributed by atoms with van der Waals surface area (Å²) in [6.45, 7) is 4.13. The molecule has 3 aromatic rings. The van der Waals surface area contributed by atoms with Gasteiger partial charge in [0.05, 0.1) is 19.6 Å². The molecule has 1 N–H and O–H groups in total. The van der Waals surface area contributed by atoms with Gasteiger partial charge >= 0.3 is 0 Å². The van der Waals surface area contributed by atoms with Crippen molar-refractivity contribution in [2.24, 2.45) is 0 Å². The minimum absolute atomic E-state index is 0.124. The van der Waals surface area contributed by atoms with E-state index in [1.54, 1.807) is 0 Å². The number of amides is 1. The van der Waals surface area contributed by atoms with E-state index in [2.05, 4.69) is 28.1 Å². The highest BCUT2D eigenvalue weighted by atomic mass is 35.5. The monoisotopic (exact) mass is 395 g/mol. The fraction of sp³-hybridized carbons (Fsp3) is 0.318. The van der Waals surface area contributed by atoms with E-state index >= 15 is 0 Å². The summed E-state index contributed by atoms with van der Waals surface area (Å²) in [5.41, 5.74) is 5.51. The molecular formula is C22H22ClN3O2. The summed E-state index contributed by atoms with van der Waals surface area (Å²) < 4.78 is 5.44. The lowest BCUT2D eigenvalue weighted by Crippen LogP contribution is -2.36. The molecule has 0 aliphatic carbocycles. The second kappa shape index (κ2) is 7.15. The third-order valence-electron chi connectivity index (χ3n) is 5.71. The number of rotatable bonds is 3. The molecule has 144 valence electrons. The number of hydrogen-bond donors (Lipinski definition) is 1. The van der Waals surface area contributed by atoms with Gasteiger partial charge in [-0.15, -0.1) is 0 Å². The Kier molecular flexibility index (Phi) is 4.49. The van der Waals surface area contributed by atoms with Gasteiger partial charge in [0.1, 0.15) is 0 Å². The molecule has 1 aromatic heterocycles. The number of nitrogens with zero attached hydrogens (tertiary/aromatic N) is 2. The van der Waals surface area contributed by atoms with Gasteiger partial charge in [-0.2, -0.15) is 0 Å². The van der Waals surface area contributed by atoms with Crippen molar-refractivity contribution in [2.75, 3.05) is 42.6 Å².